The predicted octanol–water partition coefficient (Wildman–Crippen LogP) is 2.43. The van der Waals surface area contributed by atoms with Crippen LogP contribution in [0.3, 0.4) is 0 Å². The van der Waals surface area contributed by atoms with Gasteiger partial charge >= 0.3 is 0 Å². The van der Waals surface area contributed by atoms with E-state index in [2.05, 4.69) is 15.5 Å². The smallest absolute Gasteiger partial charge is 0.289 e. The molecule has 1 unspecified atom stereocenters. The van der Waals surface area contributed by atoms with Crippen molar-refractivity contribution in [3.63, 3.8) is 0 Å². The van der Waals surface area contributed by atoms with Crippen LogP contribution in [0.4, 0.5) is 4.39 Å². The molecule has 1 spiro atoms. The van der Waals surface area contributed by atoms with Crippen LogP contribution >= 0.6 is 0 Å². The highest BCUT2D eigenvalue weighted by Gasteiger charge is 2.41. The van der Waals surface area contributed by atoms with Gasteiger partial charge in [0.05, 0.1) is 0 Å². The molecular formula is C22H26FN5O2. The van der Waals surface area contributed by atoms with Gasteiger partial charge in [-0.15, -0.1) is 10.2 Å². The van der Waals surface area contributed by atoms with E-state index in [1.807, 2.05) is 9.47 Å². The van der Waals surface area contributed by atoms with Gasteiger partial charge in [-0.2, -0.15) is 0 Å². The van der Waals surface area contributed by atoms with E-state index in [-0.39, 0.29) is 17.2 Å². The minimum atomic E-state index is -0.394. The summed E-state index contributed by atoms with van der Waals surface area (Å²) >= 11 is 0. The number of nitrogens with zero attached hydrogens (tertiary/aromatic N) is 4. The van der Waals surface area contributed by atoms with Gasteiger partial charge in [-0.05, 0) is 61.6 Å². The molecular weight excluding hydrogens is 385 g/mol. The van der Waals surface area contributed by atoms with Crippen LogP contribution in [0, 0.1) is 17.2 Å². The number of benzene rings is 1. The molecule has 1 aromatic carbocycles. The lowest BCUT2D eigenvalue weighted by Crippen LogP contribution is -2.33. The fraction of sp³-hybridized carbons (Fsp3) is 0.545. The molecule has 2 fully saturated rings. The molecule has 5 rings (SSSR count). The predicted molar refractivity (Wildman–Crippen MR) is 107 cm³/mol. The highest BCUT2D eigenvalue weighted by Crippen LogP contribution is 2.41. The first-order valence-corrected chi connectivity index (χ1v) is 10.8. The van der Waals surface area contributed by atoms with Crippen LogP contribution in [-0.4, -0.2) is 51.1 Å². The number of carbonyl (C=O) groups excluding carboxylic acids is 2. The number of aromatic nitrogens is 3. The fourth-order valence-electron chi connectivity index (χ4n) is 4.73. The molecule has 2 aliphatic heterocycles. The maximum absolute atomic E-state index is 13.5. The Bertz CT molecular complexity index is 986. The number of amides is 2. The maximum atomic E-state index is 13.5. The van der Waals surface area contributed by atoms with Crippen molar-refractivity contribution >= 4 is 11.8 Å². The van der Waals surface area contributed by atoms with Gasteiger partial charge < -0.3 is 14.8 Å². The summed E-state index contributed by atoms with van der Waals surface area (Å²) in [7, 11) is 0. The number of fused-ring (bicyclic) bond motifs is 1. The SMILES string of the molecule is O=C(NCC1CC1)c1nnc2n1CCC1(CC2)CCN(C(=O)c2cccc(F)c2)C1. The van der Waals surface area contributed by atoms with Crippen molar-refractivity contribution in [1.29, 1.82) is 0 Å². The fourth-order valence-corrected chi connectivity index (χ4v) is 4.73. The second kappa shape index (κ2) is 7.49. The van der Waals surface area contributed by atoms with E-state index in [1.165, 1.54) is 25.0 Å². The summed E-state index contributed by atoms with van der Waals surface area (Å²) in [6.45, 7) is 2.72. The van der Waals surface area contributed by atoms with Gasteiger partial charge in [-0.1, -0.05) is 6.07 Å². The average molecular weight is 411 g/mol. The molecule has 1 aliphatic carbocycles. The van der Waals surface area contributed by atoms with Gasteiger partial charge in [-0.3, -0.25) is 9.59 Å². The van der Waals surface area contributed by atoms with E-state index in [0.717, 1.165) is 31.5 Å². The first-order chi connectivity index (χ1) is 14.5. The number of hydrogen-bond donors (Lipinski definition) is 1. The molecule has 7 nitrogen and oxygen atoms in total. The molecule has 30 heavy (non-hydrogen) atoms. The van der Waals surface area contributed by atoms with Gasteiger partial charge in [0.25, 0.3) is 11.8 Å². The Morgan fingerprint density at radius 2 is 2.00 bits per heavy atom. The molecule has 0 radical (unpaired) electrons. The molecule has 1 aromatic heterocycles. The minimum Gasteiger partial charge on any atom is -0.349 e. The summed E-state index contributed by atoms with van der Waals surface area (Å²) in [4.78, 5) is 27.2. The highest BCUT2D eigenvalue weighted by atomic mass is 19.1. The normalized spacial score (nSPS) is 23.3. The standard InChI is InChI=1S/C22H26FN5O2/c23-17-3-1-2-16(12-17)21(30)27-10-8-22(14-27)7-6-18-25-26-19(28(18)11-9-22)20(29)24-13-15-4-5-15/h1-3,12,15H,4-11,13-14H2,(H,24,29). The quantitative estimate of drug-likeness (QED) is 0.838. The van der Waals surface area contributed by atoms with E-state index < -0.39 is 5.82 Å². The zero-order valence-electron chi connectivity index (χ0n) is 16.9. The topological polar surface area (TPSA) is 80.1 Å². The van der Waals surface area contributed by atoms with Crippen LogP contribution in [0.5, 0.6) is 0 Å². The first-order valence-electron chi connectivity index (χ1n) is 10.8. The zero-order chi connectivity index (χ0) is 20.7. The summed E-state index contributed by atoms with van der Waals surface area (Å²) < 4.78 is 15.5. The molecule has 8 heteroatoms. The van der Waals surface area contributed by atoms with Crippen molar-refractivity contribution in [2.45, 2.75) is 45.1 Å². The molecule has 2 aromatic rings. The summed E-state index contributed by atoms with van der Waals surface area (Å²) in [5, 5.41) is 11.4. The van der Waals surface area contributed by atoms with E-state index in [9.17, 15) is 14.0 Å². The Kier molecular flexibility index (Phi) is 4.79. The molecule has 3 aliphatic rings. The van der Waals surface area contributed by atoms with E-state index in [0.29, 0.717) is 43.5 Å². The van der Waals surface area contributed by atoms with Gasteiger partial charge in [-0.25, -0.2) is 4.39 Å². The van der Waals surface area contributed by atoms with Crippen molar-refractivity contribution in [1.82, 2.24) is 25.0 Å². The van der Waals surface area contributed by atoms with Crippen molar-refractivity contribution in [2.24, 2.45) is 11.3 Å². The molecule has 2 amide bonds. The van der Waals surface area contributed by atoms with Gasteiger partial charge in [0.15, 0.2) is 0 Å². The van der Waals surface area contributed by atoms with E-state index in [4.69, 9.17) is 0 Å². The second-order valence-electron chi connectivity index (χ2n) is 8.98. The van der Waals surface area contributed by atoms with Crippen LogP contribution in [0.15, 0.2) is 24.3 Å². The third kappa shape index (κ3) is 3.70. The average Bonchev–Trinajstić information content (AvgIpc) is 3.39. The third-order valence-corrected chi connectivity index (χ3v) is 6.82. The zero-order valence-corrected chi connectivity index (χ0v) is 16.9. The van der Waals surface area contributed by atoms with Crippen molar-refractivity contribution in [3.05, 3.63) is 47.3 Å². The number of hydrogen-bond acceptors (Lipinski definition) is 4. The number of rotatable bonds is 4. The monoisotopic (exact) mass is 411 g/mol. The number of carbonyl (C=O) groups is 2. The lowest BCUT2D eigenvalue weighted by molar-refractivity contribution is 0.0766. The summed E-state index contributed by atoms with van der Waals surface area (Å²) in [5.74, 6) is 1.20. The Morgan fingerprint density at radius 1 is 1.17 bits per heavy atom. The van der Waals surface area contributed by atoms with Crippen molar-refractivity contribution in [3.8, 4) is 0 Å². The molecule has 1 saturated heterocycles. The van der Waals surface area contributed by atoms with Gasteiger partial charge in [0, 0.05) is 38.2 Å². The summed E-state index contributed by atoms with van der Waals surface area (Å²) in [5.41, 5.74) is 0.401. The Morgan fingerprint density at radius 3 is 2.80 bits per heavy atom. The number of likely N-dealkylation sites (tertiary alicyclic amines) is 1. The molecule has 3 heterocycles. The lowest BCUT2D eigenvalue weighted by Gasteiger charge is -2.27. The van der Waals surface area contributed by atoms with Crippen LogP contribution in [-0.2, 0) is 13.0 Å². The summed E-state index contributed by atoms with van der Waals surface area (Å²) in [6, 6.07) is 5.88. The van der Waals surface area contributed by atoms with Crippen LogP contribution in [0.25, 0.3) is 0 Å². The van der Waals surface area contributed by atoms with E-state index in [1.54, 1.807) is 12.1 Å². The Balaban J connectivity index is 1.26. The second-order valence-corrected chi connectivity index (χ2v) is 8.98. The lowest BCUT2D eigenvalue weighted by atomic mass is 9.80. The molecule has 1 saturated carbocycles. The molecule has 1 atom stereocenters. The third-order valence-electron chi connectivity index (χ3n) is 6.82. The number of aryl methyl sites for hydroxylation is 1. The maximum Gasteiger partial charge on any atom is 0.289 e. The van der Waals surface area contributed by atoms with Crippen LogP contribution in [0.2, 0.25) is 0 Å². The molecule has 0 bridgehead atoms. The number of nitrogens with one attached hydrogen (secondary N) is 1. The van der Waals surface area contributed by atoms with Crippen LogP contribution < -0.4 is 5.32 Å². The molecule has 158 valence electrons. The van der Waals surface area contributed by atoms with Crippen molar-refractivity contribution < 1.29 is 14.0 Å². The van der Waals surface area contributed by atoms with E-state index >= 15 is 0 Å². The van der Waals surface area contributed by atoms with Gasteiger partial charge in [0.2, 0.25) is 5.82 Å². The minimum absolute atomic E-state index is 0.00540. The largest absolute Gasteiger partial charge is 0.349 e. The molecule has 1 N–H and O–H groups in total. The number of halogens is 1. The first kappa shape index (κ1) is 19.2. The highest BCUT2D eigenvalue weighted by molar-refractivity contribution is 5.94. The van der Waals surface area contributed by atoms with Crippen molar-refractivity contribution in [2.75, 3.05) is 19.6 Å². The summed E-state index contributed by atoms with van der Waals surface area (Å²) in [6.07, 6.45) is 5.80. The van der Waals surface area contributed by atoms with Crippen LogP contribution in [0.1, 0.15) is 58.9 Å². The Hall–Kier alpha value is -2.77. The van der Waals surface area contributed by atoms with Gasteiger partial charge in [0.1, 0.15) is 11.6 Å². The Labute approximate surface area is 174 Å².